The summed E-state index contributed by atoms with van der Waals surface area (Å²) in [5, 5.41) is 3.55. The van der Waals surface area contributed by atoms with Crippen LogP contribution in [0.5, 0.6) is 0 Å². The van der Waals surface area contributed by atoms with E-state index in [9.17, 15) is 0 Å². The van der Waals surface area contributed by atoms with Crippen molar-refractivity contribution in [2.75, 3.05) is 20.3 Å². The van der Waals surface area contributed by atoms with E-state index in [0.717, 1.165) is 26.0 Å². The van der Waals surface area contributed by atoms with Crippen LogP contribution in [-0.4, -0.2) is 20.3 Å². The summed E-state index contributed by atoms with van der Waals surface area (Å²) < 4.78 is 6.31. The van der Waals surface area contributed by atoms with Crippen LogP contribution in [0.3, 0.4) is 0 Å². The van der Waals surface area contributed by atoms with Crippen molar-refractivity contribution >= 4 is 15.9 Å². The molecular weight excluding hydrogens is 278 g/mol. The first kappa shape index (κ1) is 14.7. The number of methoxy groups -OCH3 is 1. The zero-order valence-corrected chi connectivity index (χ0v) is 12.5. The van der Waals surface area contributed by atoms with Crippen molar-refractivity contribution in [3.05, 3.63) is 33.8 Å². The summed E-state index contributed by atoms with van der Waals surface area (Å²) in [6.45, 7) is 6.13. The standard InChI is InChI=1S/C14H22BrNO/c1-4-16-14(9-6-10-17-3)12-7-5-8-13(15)11(12)2/h5,7-8,14,16H,4,6,9-10H2,1-3H3. The molecule has 1 atom stereocenters. The largest absolute Gasteiger partial charge is 0.385 e. The van der Waals surface area contributed by atoms with Crippen LogP contribution >= 0.6 is 15.9 Å². The Bertz CT molecular complexity index is 341. The second-order valence-corrected chi connectivity index (χ2v) is 5.05. The highest BCUT2D eigenvalue weighted by molar-refractivity contribution is 9.10. The molecule has 17 heavy (non-hydrogen) atoms. The predicted octanol–water partition coefficient (Wildman–Crippen LogP) is 3.83. The Labute approximate surface area is 113 Å². The molecular formula is C14H22BrNO. The third kappa shape index (κ3) is 4.41. The van der Waals surface area contributed by atoms with Gasteiger partial charge in [-0.25, -0.2) is 0 Å². The molecule has 1 aromatic carbocycles. The first-order chi connectivity index (χ1) is 8.20. The Hall–Kier alpha value is -0.380. The lowest BCUT2D eigenvalue weighted by atomic mass is 9.97. The minimum absolute atomic E-state index is 0.424. The van der Waals surface area contributed by atoms with Crippen LogP contribution in [0.4, 0.5) is 0 Å². The number of ether oxygens (including phenoxy) is 1. The van der Waals surface area contributed by atoms with Crippen molar-refractivity contribution < 1.29 is 4.74 Å². The number of benzene rings is 1. The van der Waals surface area contributed by atoms with E-state index in [2.05, 4.69) is 53.3 Å². The van der Waals surface area contributed by atoms with Gasteiger partial charge in [-0.3, -0.25) is 0 Å². The Kier molecular flexibility index (Phi) is 6.78. The van der Waals surface area contributed by atoms with Crippen molar-refractivity contribution in [1.29, 1.82) is 0 Å². The van der Waals surface area contributed by atoms with Gasteiger partial charge in [-0.05, 0) is 43.5 Å². The fourth-order valence-electron chi connectivity index (χ4n) is 2.05. The molecule has 0 bridgehead atoms. The monoisotopic (exact) mass is 299 g/mol. The number of hydrogen-bond donors (Lipinski definition) is 1. The second-order valence-electron chi connectivity index (χ2n) is 4.20. The van der Waals surface area contributed by atoms with Gasteiger partial charge < -0.3 is 10.1 Å². The topological polar surface area (TPSA) is 21.3 Å². The van der Waals surface area contributed by atoms with E-state index in [-0.39, 0.29) is 0 Å². The quantitative estimate of drug-likeness (QED) is 0.773. The van der Waals surface area contributed by atoms with Gasteiger partial charge in [-0.2, -0.15) is 0 Å². The maximum Gasteiger partial charge on any atom is 0.0462 e. The zero-order valence-electron chi connectivity index (χ0n) is 10.9. The van der Waals surface area contributed by atoms with E-state index >= 15 is 0 Å². The zero-order chi connectivity index (χ0) is 12.7. The third-order valence-electron chi connectivity index (χ3n) is 2.98. The molecule has 0 radical (unpaired) electrons. The molecule has 0 aliphatic rings. The van der Waals surface area contributed by atoms with Crippen LogP contribution in [0, 0.1) is 6.92 Å². The van der Waals surface area contributed by atoms with E-state index in [4.69, 9.17) is 4.74 Å². The normalized spacial score (nSPS) is 12.7. The molecule has 0 saturated heterocycles. The van der Waals surface area contributed by atoms with E-state index in [0.29, 0.717) is 6.04 Å². The molecule has 0 heterocycles. The highest BCUT2D eigenvalue weighted by Crippen LogP contribution is 2.27. The number of rotatable bonds is 7. The molecule has 0 amide bonds. The van der Waals surface area contributed by atoms with Crippen LogP contribution < -0.4 is 5.32 Å². The third-order valence-corrected chi connectivity index (χ3v) is 3.84. The van der Waals surface area contributed by atoms with Gasteiger partial charge in [-0.1, -0.05) is 35.0 Å². The van der Waals surface area contributed by atoms with Gasteiger partial charge in [0.25, 0.3) is 0 Å². The lowest BCUT2D eigenvalue weighted by Gasteiger charge is -2.21. The Morgan fingerprint density at radius 2 is 2.18 bits per heavy atom. The van der Waals surface area contributed by atoms with Gasteiger partial charge in [0.1, 0.15) is 0 Å². The fraction of sp³-hybridized carbons (Fsp3) is 0.571. The van der Waals surface area contributed by atoms with Crippen LogP contribution in [0.25, 0.3) is 0 Å². The Morgan fingerprint density at radius 1 is 1.41 bits per heavy atom. The second kappa shape index (κ2) is 7.85. The molecule has 0 fully saturated rings. The average Bonchev–Trinajstić information content (AvgIpc) is 2.32. The van der Waals surface area contributed by atoms with Crippen LogP contribution in [0.2, 0.25) is 0 Å². The Morgan fingerprint density at radius 3 is 2.82 bits per heavy atom. The van der Waals surface area contributed by atoms with Crippen molar-refractivity contribution in [2.24, 2.45) is 0 Å². The van der Waals surface area contributed by atoms with Crippen LogP contribution in [-0.2, 0) is 4.74 Å². The maximum absolute atomic E-state index is 5.12. The number of nitrogens with one attached hydrogen (secondary N) is 1. The average molecular weight is 300 g/mol. The van der Waals surface area contributed by atoms with Gasteiger partial charge >= 0.3 is 0 Å². The van der Waals surface area contributed by atoms with Crippen molar-refractivity contribution in [3.8, 4) is 0 Å². The lowest BCUT2D eigenvalue weighted by molar-refractivity contribution is 0.189. The van der Waals surface area contributed by atoms with Crippen molar-refractivity contribution in [1.82, 2.24) is 5.32 Å². The molecule has 0 saturated carbocycles. The van der Waals surface area contributed by atoms with Crippen LogP contribution in [0.15, 0.2) is 22.7 Å². The van der Waals surface area contributed by atoms with Gasteiger partial charge in [0.2, 0.25) is 0 Å². The molecule has 3 heteroatoms. The van der Waals surface area contributed by atoms with Crippen molar-refractivity contribution in [3.63, 3.8) is 0 Å². The smallest absolute Gasteiger partial charge is 0.0462 e. The van der Waals surface area contributed by atoms with Crippen molar-refractivity contribution in [2.45, 2.75) is 32.7 Å². The molecule has 1 unspecified atom stereocenters. The minimum Gasteiger partial charge on any atom is -0.385 e. The SMILES string of the molecule is CCNC(CCCOC)c1cccc(Br)c1C. The summed E-state index contributed by atoms with van der Waals surface area (Å²) >= 11 is 3.59. The molecule has 2 nitrogen and oxygen atoms in total. The fourth-order valence-corrected chi connectivity index (χ4v) is 2.43. The highest BCUT2D eigenvalue weighted by atomic mass is 79.9. The summed E-state index contributed by atoms with van der Waals surface area (Å²) in [5.41, 5.74) is 2.72. The summed E-state index contributed by atoms with van der Waals surface area (Å²) in [4.78, 5) is 0. The van der Waals surface area contributed by atoms with Crippen LogP contribution in [0.1, 0.15) is 36.9 Å². The lowest BCUT2D eigenvalue weighted by Crippen LogP contribution is -2.22. The molecule has 0 aliphatic heterocycles. The minimum atomic E-state index is 0.424. The van der Waals surface area contributed by atoms with Gasteiger partial charge in [0.15, 0.2) is 0 Å². The molecule has 0 aromatic heterocycles. The van der Waals surface area contributed by atoms with Gasteiger partial charge in [0.05, 0.1) is 0 Å². The first-order valence-corrected chi connectivity index (χ1v) is 6.97. The highest BCUT2D eigenvalue weighted by Gasteiger charge is 2.13. The molecule has 1 aromatic rings. The summed E-state index contributed by atoms with van der Waals surface area (Å²) in [6, 6.07) is 6.83. The van der Waals surface area contributed by atoms with Gasteiger partial charge in [-0.15, -0.1) is 0 Å². The number of halogens is 1. The Balaban J connectivity index is 2.77. The maximum atomic E-state index is 5.12. The summed E-state index contributed by atoms with van der Waals surface area (Å²) in [5.74, 6) is 0. The molecule has 1 rings (SSSR count). The predicted molar refractivity (Wildman–Crippen MR) is 76.4 cm³/mol. The van der Waals surface area contributed by atoms with Gasteiger partial charge in [0, 0.05) is 24.2 Å². The van der Waals surface area contributed by atoms with E-state index in [1.54, 1.807) is 7.11 Å². The molecule has 0 spiro atoms. The summed E-state index contributed by atoms with van der Waals surface area (Å²) in [6.07, 6.45) is 2.19. The summed E-state index contributed by atoms with van der Waals surface area (Å²) in [7, 11) is 1.76. The first-order valence-electron chi connectivity index (χ1n) is 6.18. The molecule has 1 N–H and O–H groups in total. The van der Waals surface area contributed by atoms with E-state index in [1.807, 2.05) is 0 Å². The number of hydrogen-bond acceptors (Lipinski definition) is 2. The molecule has 0 aliphatic carbocycles. The molecule has 96 valence electrons. The van der Waals surface area contributed by atoms with E-state index in [1.165, 1.54) is 15.6 Å². The van der Waals surface area contributed by atoms with E-state index < -0.39 is 0 Å².